The summed E-state index contributed by atoms with van der Waals surface area (Å²) in [4.78, 5) is 38.7. The maximum absolute atomic E-state index is 12.2. The minimum Gasteiger partial charge on any atom is -0.477 e. The lowest BCUT2D eigenvalue weighted by Gasteiger charge is -2.09. The van der Waals surface area contributed by atoms with E-state index in [1.807, 2.05) is 0 Å². The van der Waals surface area contributed by atoms with Gasteiger partial charge in [-0.25, -0.2) is 4.98 Å². The molecule has 0 aliphatic carbocycles. The molecule has 0 unspecified atom stereocenters. The summed E-state index contributed by atoms with van der Waals surface area (Å²) in [5, 5.41) is 18.4. The Bertz CT molecular complexity index is 1010. The van der Waals surface area contributed by atoms with Crippen LogP contribution in [0, 0.1) is 10.1 Å². The average Bonchev–Trinajstić information content (AvgIpc) is 3.19. The zero-order chi connectivity index (χ0) is 19.9. The van der Waals surface area contributed by atoms with Crippen molar-refractivity contribution in [2.75, 3.05) is 17.2 Å². The molecule has 142 valence electrons. The van der Waals surface area contributed by atoms with Gasteiger partial charge in [0.1, 0.15) is 0 Å². The number of anilines is 2. The predicted molar refractivity (Wildman–Crippen MR) is 104 cm³/mol. The molecule has 2 aromatic carbocycles. The van der Waals surface area contributed by atoms with Gasteiger partial charge in [0.25, 0.3) is 11.8 Å². The van der Waals surface area contributed by atoms with Gasteiger partial charge in [0, 0.05) is 28.9 Å². The molecule has 10 heteroatoms. The molecule has 3 aromatic rings. The van der Waals surface area contributed by atoms with E-state index in [0.29, 0.717) is 16.4 Å². The maximum Gasteiger partial charge on any atom is 0.310 e. The molecule has 9 nitrogen and oxygen atoms in total. The Morgan fingerprint density at radius 1 is 1.14 bits per heavy atom. The topological polar surface area (TPSA) is 123 Å². The maximum atomic E-state index is 12.2. The standard InChI is InChI=1S/C18H14N4O5S/c23-16(11-27-15-7-2-1-6-14(15)22(25)26)20-13-5-3-4-12(10-13)17(24)21-18-19-8-9-28-18/h1-10H,11H2,(H,20,23)(H,19,21,24). The molecular weight excluding hydrogens is 384 g/mol. The quantitative estimate of drug-likeness (QED) is 0.465. The summed E-state index contributed by atoms with van der Waals surface area (Å²) in [6.45, 7) is -0.416. The number of benzene rings is 2. The number of aromatic nitrogens is 1. The van der Waals surface area contributed by atoms with Crippen LogP contribution in [0.3, 0.4) is 0 Å². The number of para-hydroxylation sites is 2. The number of hydrogen-bond donors (Lipinski definition) is 2. The third-order valence-electron chi connectivity index (χ3n) is 3.48. The number of hydrogen-bond acceptors (Lipinski definition) is 7. The van der Waals surface area contributed by atoms with E-state index in [2.05, 4.69) is 15.6 Å². The Balaban J connectivity index is 1.60. The smallest absolute Gasteiger partial charge is 0.310 e. The van der Waals surface area contributed by atoms with Crippen molar-refractivity contribution in [3.05, 3.63) is 75.8 Å². The number of amides is 2. The van der Waals surface area contributed by atoms with E-state index in [9.17, 15) is 19.7 Å². The van der Waals surface area contributed by atoms with E-state index in [4.69, 9.17) is 4.74 Å². The van der Waals surface area contributed by atoms with Crippen LogP contribution in [0.15, 0.2) is 60.1 Å². The third kappa shape index (κ3) is 4.89. The van der Waals surface area contributed by atoms with Crippen molar-refractivity contribution in [3.8, 4) is 5.75 Å². The Morgan fingerprint density at radius 3 is 2.71 bits per heavy atom. The minimum absolute atomic E-state index is 0.000716. The summed E-state index contributed by atoms with van der Waals surface area (Å²) in [7, 11) is 0. The van der Waals surface area contributed by atoms with Crippen LogP contribution < -0.4 is 15.4 Å². The predicted octanol–water partition coefficient (Wildman–Crippen LogP) is 3.32. The van der Waals surface area contributed by atoms with Crippen LogP contribution in [-0.2, 0) is 4.79 Å². The lowest BCUT2D eigenvalue weighted by atomic mass is 10.2. The van der Waals surface area contributed by atoms with Crippen LogP contribution in [0.25, 0.3) is 0 Å². The molecule has 1 aromatic heterocycles. The molecule has 0 saturated heterocycles. The van der Waals surface area contributed by atoms with Crippen molar-refractivity contribution in [2.45, 2.75) is 0 Å². The third-order valence-corrected chi connectivity index (χ3v) is 4.17. The largest absolute Gasteiger partial charge is 0.477 e. The Hall–Kier alpha value is -3.79. The molecular formula is C18H14N4O5S. The van der Waals surface area contributed by atoms with Crippen molar-refractivity contribution >= 4 is 39.7 Å². The van der Waals surface area contributed by atoms with Gasteiger partial charge in [0.15, 0.2) is 17.5 Å². The van der Waals surface area contributed by atoms with Crippen LogP contribution >= 0.6 is 11.3 Å². The summed E-state index contributed by atoms with van der Waals surface area (Å²) in [6, 6.07) is 12.1. The normalized spacial score (nSPS) is 10.1. The molecule has 0 saturated carbocycles. The van der Waals surface area contributed by atoms with Crippen molar-refractivity contribution < 1.29 is 19.2 Å². The number of thiazole rings is 1. The van der Waals surface area contributed by atoms with Crippen LogP contribution in [0.2, 0.25) is 0 Å². The van der Waals surface area contributed by atoms with Crippen LogP contribution in [0.5, 0.6) is 5.75 Å². The fourth-order valence-corrected chi connectivity index (χ4v) is 2.79. The number of carbonyl (C=O) groups excluding carboxylic acids is 2. The van der Waals surface area contributed by atoms with Crippen molar-refractivity contribution in [3.63, 3.8) is 0 Å². The van der Waals surface area contributed by atoms with Crippen LogP contribution in [0.1, 0.15) is 10.4 Å². The summed E-state index contributed by atoms with van der Waals surface area (Å²) in [6.07, 6.45) is 1.58. The zero-order valence-electron chi connectivity index (χ0n) is 14.3. The van der Waals surface area contributed by atoms with Gasteiger partial charge >= 0.3 is 5.69 Å². The van der Waals surface area contributed by atoms with Gasteiger partial charge in [-0.1, -0.05) is 18.2 Å². The first-order chi connectivity index (χ1) is 13.5. The highest BCUT2D eigenvalue weighted by atomic mass is 32.1. The Kier molecular flexibility index (Phi) is 5.92. The fraction of sp³-hybridized carbons (Fsp3) is 0.0556. The number of carbonyl (C=O) groups is 2. The molecule has 2 N–H and O–H groups in total. The molecule has 0 atom stereocenters. The van der Waals surface area contributed by atoms with Gasteiger partial charge in [0.2, 0.25) is 0 Å². The molecule has 28 heavy (non-hydrogen) atoms. The van der Waals surface area contributed by atoms with Crippen LogP contribution in [0.4, 0.5) is 16.5 Å². The van der Waals surface area contributed by atoms with Crippen LogP contribution in [-0.4, -0.2) is 28.3 Å². The Labute approximate surface area is 163 Å². The van der Waals surface area contributed by atoms with Gasteiger partial charge < -0.3 is 10.1 Å². The lowest BCUT2D eigenvalue weighted by molar-refractivity contribution is -0.385. The average molecular weight is 398 g/mol. The first kappa shape index (κ1) is 19.0. The van der Waals surface area contributed by atoms with Crippen molar-refractivity contribution in [1.29, 1.82) is 0 Å². The van der Waals surface area contributed by atoms with Gasteiger partial charge in [-0.2, -0.15) is 0 Å². The summed E-state index contributed by atoms with van der Waals surface area (Å²) >= 11 is 1.29. The van der Waals surface area contributed by atoms with E-state index < -0.39 is 17.4 Å². The first-order valence-electron chi connectivity index (χ1n) is 8.00. The second-order valence-electron chi connectivity index (χ2n) is 5.43. The molecule has 0 aliphatic rings. The first-order valence-corrected chi connectivity index (χ1v) is 8.88. The van der Waals surface area contributed by atoms with Gasteiger partial charge in [0.05, 0.1) is 4.92 Å². The monoisotopic (exact) mass is 398 g/mol. The molecule has 0 spiro atoms. The van der Waals surface area contributed by atoms with E-state index in [1.54, 1.807) is 35.8 Å². The molecule has 0 bridgehead atoms. The number of nitro benzene ring substituents is 1. The molecule has 2 amide bonds. The second kappa shape index (κ2) is 8.73. The van der Waals surface area contributed by atoms with Crippen molar-refractivity contribution in [2.24, 2.45) is 0 Å². The van der Waals surface area contributed by atoms with E-state index in [1.165, 1.54) is 35.6 Å². The number of nitrogens with one attached hydrogen (secondary N) is 2. The van der Waals surface area contributed by atoms with Gasteiger partial charge in [-0.3, -0.25) is 25.0 Å². The number of nitro groups is 1. The zero-order valence-corrected chi connectivity index (χ0v) is 15.1. The van der Waals surface area contributed by atoms with Gasteiger partial charge in [-0.15, -0.1) is 11.3 Å². The van der Waals surface area contributed by atoms with Gasteiger partial charge in [-0.05, 0) is 24.3 Å². The minimum atomic E-state index is -0.586. The van der Waals surface area contributed by atoms with Crippen molar-refractivity contribution in [1.82, 2.24) is 4.98 Å². The highest BCUT2D eigenvalue weighted by Crippen LogP contribution is 2.25. The molecule has 3 rings (SSSR count). The fourth-order valence-electron chi connectivity index (χ4n) is 2.26. The van der Waals surface area contributed by atoms with E-state index in [0.717, 1.165) is 0 Å². The highest BCUT2D eigenvalue weighted by molar-refractivity contribution is 7.13. The summed E-state index contributed by atoms with van der Waals surface area (Å²) in [5.41, 5.74) is 0.506. The highest BCUT2D eigenvalue weighted by Gasteiger charge is 2.15. The number of ether oxygens (including phenoxy) is 1. The lowest BCUT2D eigenvalue weighted by Crippen LogP contribution is -2.21. The summed E-state index contributed by atoms with van der Waals surface area (Å²) < 4.78 is 5.24. The molecule has 1 heterocycles. The van der Waals surface area contributed by atoms with E-state index in [-0.39, 0.29) is 17.3 Å². The Morgan fingerprint density at radius 2 is 1.96 bits per heavy atom. The SMILES string of the molecule is O=C(COc1ccccc1[N+](=O)[O-])Nc1cccc(C(=O)Nc2nccs2)c1. The number of rotatable bonds is 7. The molecule has 0 fully saturated rings. The second-order valence-corrected chi connectivity index (χ2v) is 6.33. The number of nitrogens with zero attached hydrogens (tertiary/aromatic N) is 2. The molecule has 0 aliphatic heterocycles. The van der Waals surface area contributed by atoms with E-state index >= 15 is 0 Å². The summed E-state index contributed by atoms with van der Waals surface area (Å²) in [5.74, 6) is -0.878. The molecule has 0 radical (unpaired) electrons.